The van der Waals surface area contributed by atoms with Gasteiger partial charge in [0.05, 0.1) is 25.9 Å². The topological polar surface area (TPSA) is 62.2 Å². The Hall–Kier alpha value is -1.63. The molecular formula is C17H26N2O4. The van der Waals surface area contributed by atoms with E-state index >= 15 is 0 Å². The van der Waals surface area contributed by atoms with Crippen LogP contribution in [0, 0.1) is 6.92 Å². The zero-order valence-electron chi connectivity index (χ0n) is 13.9. The smallest absolute Gasteiger partial charge is 0.260 e. The van der Waals surface area contributed by atoms with Gasteiger partial charge in [-0.25, -0.2) is 0 Å². The standard InChI is InChI=1S/C17H26N2O4/c1-14-5-3-4-6-16(14)23-13-17(21)19-8-10-22-12-15(19)11-18(2)7-9-20/h3-6,15,20H,7-13H2,1-2H3/t15-/m1/s1. The van der Waals surface area contributed by atoms with E-state index in [9.17, 15) is 4.79 Å². The zero-order chi connectivity index (χ0) is 16.7. The minimum Gasteiger partial charge on any atom is -0.484 e. The summed E-state index contributed by atoms with van der Waals surface area (Å²) in [5.41, 5.74) is 1.02. The molecule has 1 aliphatic rings. The summed E-state index contributed by atoms with van der Waals surface area (Å²) in [5, 5.41) is 9.00. The number of amides is 1. The molecule has 0 radical (unpaired) electrons. The molecule has 0 aliphatic carbocycles. The lowest BCUT2D eigenvalue weighted by atomic mass is 10.2. The third-order valence-corrected chi connectivity index (χ3v) is 4.00. The van der Waals surface area contributed by atoms with Crippen molar-refractivity contribution in [2.24, 2.45) is 0 Å². The van der Waals surface area contributed by atoms with Gasteiger partial charge in [0.1, 0.15) is 5.75 Å². The van der Waals surface area contributed by atoms with E-state index in [1.165, 1.54) is 0 Å². The first-order valence-corrected chi connectivity index (χ1v) is 7.97. The Kier molecular flexibility index (Phi) is 6.83. The Morgan fingerprint density at radius 1 is 1.48 bits per heavy atom. The molecule has 1 fully saturated rings. The molecule has 0 bridgehead atoms. The first-order valence-electron chi connectivity index (χ1n) is 7.97. The van der Waals surface area contributed by atoms with E-state index in [1.54, 1.807) is 0 Å². The third kappa shape index (κ3) is 5.20. The number of carbonyl (C=O) groups excluding carboxylic acids is 1. The molecule has 1 N–H and O–H groups in total. The largest absolute Gasteiger partial charge is 0.484 e. The first kappa shape index (κ1) is 17.7. The second-order valence-electron chi connectivity index (χ2n) is 5.86. The number of aliphatic hydroxyl groups is 1. The predicted octanol–water partition coefficient (Wildman–Crippen LogP) is 0.525. The minimum absolute atomic E-state index is 0.00623. The number of nitrogens with zero attached hydrogens (tertiary/aromatic N) is 2. The van der Waals surface area contributed by atoms with E-state index < -0.39 is 0 Å². The number of rotatable bonds is 7. The monoisotopic (exact) mass is 322 g/mol. The van der Waals surface area contributed by atoms with Gasteiger partial charge >= 0.3 is 0 Å². The maximum Gasteiger partial charge on any atom is 0.260 e. The summed E-state index contributed by atoms with van der Waals surface area (Å²) in [4.78, 5) is 16.3. The molecule has 1 saturated heterocycles. The van der Waals surface area contributed by atoms with E-state index in [-0.39, 0.29) is 25.2 Å². The van der Waals surface area contributed by atoms with Crippen molar-refractivity contribution in [2.45, 2.75) is 13.0 Å². The molecule has 1 heterocycles. The zero-order valence-corrected chi connectivity index (χ0v) is 13.9. The lowest BCUT2D eigenvalue weighted by Gasteiger charge is -2.37. The van der Waals surface area contributed by atoms with E-state index in [1.807, 2.05) is 48.0 Å². The highest BCUT2D eigenvalue weighted by Crippen LogP contribution is 2.17. The molecule has 1 aromatic carbocycles. The summed E-state index contributed by atoms with van der Waals surface area (Å²) in [5.74, 6) is 0.710. The molecule has 0 unspecified atom stereocenters. The summed E-state index contributed by atoms with van der Waals surface area (Å²) in [6.07, 6.45) is 0. The van der Waals surface area contributed by atoms with Crippen molar-refractivity contribution in [1.29, 1.82) is 0 Å². The van der Waals surface area contributed by atoms with Crippen LogP contribution < -0.4 is 4.74 Å². The van der Waals surface area contributed by atoms with E-state index in [2.05, 4.69) is 0 Å². The number of morpholine rings is 1. The predicted molar refractivity (Wildman–Crippen MR) is 87.6 cm³/mol. The van der Waals surface area contributed by atoms with Crippen LogP contribution in [0.4, 0.5) is 0 Å². The molecule has 6 heteroatoms. The molecular weight excluding hydrogens is 296 g/mol. The maximum absolute atomic E-state index is 12.5. The normalized spacial score (nSPS) is 18.3. The SMILES string of the molecule is Cc1ccccc1OCC(=O)N1CCOC[C@H]1CN(C)CCO. The highest BCUT2D eigenvalue weighted by molar-refractivity contribution is 5.78. The average molecular weight is 322 g/mol. The van der Waals surface area contributed by atoms with Gasteiger partial charge in [-0.2, -0.15) is 0 Å². The summed E-state index contributed by atoms with van der Waals surface area (Å²) < 4.78 is 11.2. The van der Waals surface area contributed by atoms with E-state index in [4.69, 9.17) is 14.6 Å². The molecule has 1 amide bonds. The van der Waals surface area contributed by atoms with Crippen molar-refractivity contribution in [1.82, 2.24) is 9.80 Å². The van der Waals surface area contributed by atoms with Crippen LogP contribution in [0.25, 0.3) is 0 Å². The molecule has 1 aromatic rings. The first-order chi connectivity index (χ1) is 11.1. The van der Waals surface area contributed by atoms with Gasteiger partial charge in [0, 0.05) is 19.6 Å². The van der Waals surface area contributed by atoms with E-state index in [0.29, 0.717) is 32.8 Å². The van der Waals surface area contributed by atoms with Gasteiger partial charge in [0.2, 0.25) is 0 Å². The summed E-state index contributed by atoms with van der Waals surface area (Å²) in [7, 11) is 1.93. The Morgan fingerprint density at radius 2 is 2.26 bits per heavy atom. The third-order valence-electron chi connectivity index (χ3n) is 4.00. The fourth-order valence-electron chi connectivity index (χ4n) is 2.70. The Balaban J connectivity index is 1.91. The number of ether oxygens (including phenoxy) is 2. The summed E-state index contributed by atoms with van der Waals surface area (Å²) >= 11 is 0. The molecule has 23 heavy (non-hydrogen) atoms. The lowest BCUT2D eigenvalue weighted by molar-refractivity contribution is -0.142. The van der Waals surface area contributed by atoms with Crippen molar-refractivity contribution in [3.05, 3.63) is 29.8 Å². The fraction of sp³-hybridized carbons (Fsp3) is 0.588. The number of likely N-dealkylation sites (N-methyl/N-ethyl adjacent to an activating group) is 1. The van der Waals surface area contributed by atoms with Crippen LogP contribution in [-0.4, -0.2) is 80.0 Å². The van der Waals surface area contributed by atoms with Crippen LogP contribution in [0.2, 0.25) is 0 Å². The molecule has 128 valence electrons. The second-order valence-corrected chi connectivity index (χ2v) is 5.86. The highest BCUT2D eigenvalue weighted by atomic mass is 16.5. The van der Waals surface area contributed by atoms with Gasteiger partial charge in [-0.1, -0.05) is 18.2 Å². The number of aryl methyl sites for hydroxylation is 1. The van der Waals surface area contributed by atoms with Crippen molar-refractivity contribution < 1.29 is 19.4 Å². The van der Waals surface area contributed by atoms with Crippen LogP contribution >= 0.6 is 0 Å². The van der Waals surface area contributed by atoms with Crippen molar-refractivity contribution in [2.75, 3.05) is 53.1 Å². The van der Waals surface area contributed by atoms with Crippen LogP contribution in [0.1, 0.15) is 5.56 Å². The van der Waals surface area contributed by atoms with Crippen molar-refractivity contribution in [3.8, 4) is 5.75 Å². The fourth-order valence-corrected chi connectivity index (χ4v) is 2.70. The molecule has 1 atom stereocenters. The van der Waals surface area contributed by atoms with Gasteiger partial charge in [-0.3, -0.25) is 4.79 Å². The minimum atomic E-state index is -0.0287. The Labute approximate surface area is 137 Å². The van der Waals surface area contributed by atoms with Gasteiger partial charge in [-0.05, 0) is 25.6 Å². The van der Waals surface area contributed by atoms with Crippen LogP contribution in [0.3, 0.4) is 0 Å². The van der Waals surface area contributed by atoms with Gasteiger partial charge in [0.15, 0.2) is 6.61 Å². The maximum atomic E-state index is 12.5. The molecule has 1 aliphatic heterocycles. The number of benzene rings is 1. The average Bonchev–Trinajstić information content (AvgIpc) is 2.54. The van der Waals surface area contributed by atoms with Crippen molar-refractivity contribution >= 4 is 5.91 Å². The lowest BCUT2D eigenvalue weighted by Crippen LogP contribution is -2.54. The second kappa shape index (κ2) is 8.86. The van der Waals surface area contributed by atoms with Gasteiger partial charge in [0.25, 0.3) is 5.91 Å². The molecule has 0 spiro atoms. The summed E-state index contributed by atoms with van der Waals surface area (Å²) in [6, 6.07) is 7.66. The molecule has 6 nitrogen and oxygen atoms in total. The quantitative estimate of drug-likeness (QED) is 0.793. The Morgan fingerprint density at radius 3 is 3.00 bits per heavy atom. The van der Waals surface area contributed by atoms with Crippen LogP contribution in [0.5, 0.6) is 5.75 Å². The highest BCUT2D eigenvalue weighted by Gasteiger charge is 2.28. The number of aliphatic hydroxyl groups excluding tert-OH is 1. The number of para-hydroxylation sites is 1. The van der Waals surface area contributed by atoms with Crippen LogP contribution in [0.15, 0.2) is 24.3 Å². The van der Waals surface area contributed by atoms with Gasteiger partial charge < -0.3 is 24.4 Å². The number of carbonyl (C=O) groups is 1. The number of hydrogen-bond donors (Lipinski definition) is 1. The molecule has 2 rings (SSSR count). The summed E-state index contributed by atoms with van der Waals surface area (Å²) in [6.45, 7) is 5.01. The van der Waals surface area contributed by atoms with Crippen LogP contribution in [-0.2, 0) is 9.53 Å². The van der Waals surface area contributed by atoms with Gasteiger partial charge in [-0.15, -0.1) is 0 Å². The number of hydrogen-bond acceptors (Lipinski definition) is 5. The Bertz CT molecular complexity index is 509. The van der Waals surface area contributed by atoms with Crippen molar-refractivity contribution in [3.63, 3.8) is 0 Å². The van der Waals surface area contributed by atoms with E-state index in [0.717, 1.165) is 11.3 Å². The molecule has 0 aromatic heterocycles. The molecule has 0 saturated carbocycles.